The van der Waals surface area contributed by atoms with Gasteiger partial charge in [-0.3, -0.25) is 0 Å². The van der Waals surface area contributed by atoms with Gasteiger partial charge in [0.15, 0.2) is 5.65 Å². The minimum Gasteiger partial charge on any atom is -0.366 e. The van der Waals surface area contributed by atoms with E-state index in [1.807, 2.05) is 37.5 Å². The van der Waals surface area contributed by atoms with Crippen LogP contribution in [0.4, 0.5) is 17.3 Å². The van der Waals surface area contributed by atoms with Crippen LogP contribution >= 0.6 is 0 Å². The van der Waals surface area contributed by atoms with E-state index in [1.54, 1.807) is 10.7 Å². The van der Waals surface area contributed by atoms with E-state index < -0.39 is 0 Å². The van der Waals surface area contributed by atoms with Gasteiger partial charge in [-0.15, -0.1) is 5.10 Å². The highest BCUT2D eigenvalue weighted by Gasteiger charge is 2.19. The molecule has 1 fully saturated rings. The van der Waals surface area contributed by atoms with E-state index in [9.17, 15) is 0 Å². The lowest BCUT2D eigenvalue weighted by Gasteiger charge is -2.27. The van der Waals surface area contributed by atoms with Crippen molar-refractivity contribution >= 4 is 23.0 Å². The van der Waals surface area contributed by atoms with Crippen molar-refractivity contribution in [3.8, 4) is 0 Å². The lowest BCUT2D eigenvalue weighted by atomic mass is 9.92. The number of aryl methyl sites for hydroxylation is 1. The third kappa shape index (κ3) is 3.56. The number of nitrogens with two attached hydrogens (primary N) is 1. The van der Waals surface area contributed by atoms with Gasteiger partial charge in [0.05, 0.1) is 5.69 Å². The van der Waals surface area contributed by atoms with E-state index >= 15 is 0 Å². The first kappa shape index (κ1) is 15.8. The Labute approximate surface area is 146 Å². The second-order valence-electron chi connectivity index (χ2n) is 6.74. The molecule has 7 heteroatoms. The Morgan fingerprint density at radius 3 is 2.72 bits per heavy atom. The van der Waals surface area contributed by atoms with E-state index in [1.165, 1.54) is 0 Å². The van der Waals surface area contributed by atoms with Crippen molar-refractivity contribution in [2.45, 2.75) is 44.7 Å². The summed E-state index contributed by atoms with van der Waals surface area (Å²) in [7, 11) is 0. The molecular formula is C18H23N7. The summed E-state index contributed by atoms with van der Waals surface area (Å²) in [6.45, 7) is 2.02. The van der Waals surface area contributed by atoms with E-state index in [4.69, 9.17) is 5.73 Å². The molecule has 0 saturated heterocycles. The molecule has 3 aromatic rings. The molecule has 0 aliphatic heterocycles. The topological polar surface area (TPSA) is 93.2 Å². The van der Waals surface area contributed by atoms with Gasteiger partial charge in [-0.25, -0.2) is 14.5 Å². The highest BCUT2D eigenvalue weighted by molar-refractivity contribution is 5.74. The predicted octanol–water partition coefficient (Wildman–Crippen LogP) is 2.86. The van der Waals surface area contributed by atoms with Gasteiger partial charge in [0.2, 0.25) is 0 Å². The zero-order chi connectivity index (χ0) is 17.2. The molecule has 0 spiro atoms. The Hall–Kier alpha value is -2.67. The Bertz CT molecular complexity index is 847. The lowest BCUT2D eigenvalue weighted by Crippen LogP contribution is -2.33. The molecular weight excluding hydrogens is 314 g/mol. The van der Waals surface area contributed by atoms with Gasteiger partial charge >= 0.3 is 0 Å². The molecule has 25 heavy (non-hydrogen) atoms. The van der Waals surface area contributed by atoms with Gasteiger partial charge in [-0.1, -0.05) is 6.07 Å². The van der Waals surface area contributed by atoms with Crippen molar-refractivity contribution in [1.82, 2.24) is 19.6 Å². The fourth-order valence-corrected chi connectivity index (χ4v) is 3.23. The Kier molecular flexibility index (Phi) is 4.23. The average molecular weight is 337 g/mol. The van der Waals surface area contributed by atoms with Gasteiger partial charge in [-0.05, 0) is 44.2 Å². The molecule has 0 radical (unpaired) electrons. The monoisotopic (exact) mass is 337 g/mol. The number of imidazole rings is 1. The van der Waals surface area contributed by atoms with Crippen molar-refractivity contribution in [2.24, 2.45) is 5.73 Å². The van der Waals surface area contributed by atoms with Crippen molar-refractivity contribution in [1.29, 1.82) is 0 Å². The van der Waals surface area contributed by atoms with E-state index in [2.05, 4.69) is 25.7 Å². The summed E-state index contributed by atoms with van der Waals surface area (Å²) in [6.07, 6.45) is 9.72. The molecule has 4 rings (SSSR count). The van der Waals surface area contributed by atoms with Gasteiger partial charge in [-0.2, -0.15) is 0 Å². The van der Waals surface area contributed by atoms with E-state index in [0.29, 0.717) is 12.1 Å². The van der Waals surface area contributed by atoms with Crippen LogP contribution in [-0.2, 0) is 0 Å². The first-order valence-electron chi connectivity index (χ1n) is 8.73. The molecule has 0 atom stereocenters. The number of pyridine rings is 1. The van der Waals surface area contributed by atoms with Crippen molar-refractivity contribution in [3.05, 3.63) is 42.4 Å². The molecule has 0 amide bonds. The van der Waals surface area contributed by atoms with E-state index in [0.717, 1.165) is 54.2 Å². The average Bonchev–Trinajstić information content (AvgIpc) is 3.08. The zero-order valence-corrected chi connectivity index (χ0v) is 14.3. The Balaban J connectivity index is 1.59. The molecule has 1 aliphatic carbocycles. The van der Waals surface area contributed by atoms with Gasteiger partial charge in [0, 0.05) is 36.7 Å². The molecule has 7 nitrogen and oxygen atoms in total. The lowest BCUT2D eigenvalue weighted by molar-refractivity contribution is 0.410. The summed E-state index contributed by atoms with van der Waals surface area (Å²) in [4.78, 5) is 8.81. The summed E-state index contributed by atoms with van der Waals surface area (Å²) < 4.78 is 1.79. The number of nitrogens with one attached hydrogen (secondary N) is 2. The van der Waals surface area contributed by atoms with Crippen molar-refractivity contribution < 1.29 is 0 Å². The third-order valence-electron chi connectivity index (χ3n) is 4.66. The summed E-state index contributed by atoms with van der Waals surface area (Å²) in [5, 5.41) is 11.5. The molecule has 0 unspecified atom stereocenters. The summed E-state index contributed by atoms with van der Waals surface area (Å²) in [5.41, 5.74) is 8.78. The van der Waals surface area contributed by atoms with Crippen LogP contribution in [0.15, 0.2) is 36.8 Å². The number of hydrogen-bond acceptors (Lipinski definition) is 6. The van der Waals surface area contributed by atoms with Gasteiger partial charge in [0.25, 0.3) is 0 Å². The largest absolute Gasteiger partial charge is 0.366 e. The molecule has 1 saturated carbocycles. The van der Waals surface area contributed by atoms with Crippen LogP contribution in [0.25, 0.3) is 5.65 Å². The smallest absolute Gasteiger partial charge is 0.177 e. The fraction of sp³-hybridized carbons (Fsp3) is 0.389. The number of anilines is 3. The predicted molar refractivity (Wildman–Crippen MR) is 99.1 cm³/mol. The second-order valence-corrected chi connectivity index (χ2v) is 6.74. The molecule has 3 aromatic heterocycles. The zero-order valence-electron chi connectivity index (χ0n) is 14.3. The van der Waals surface area contributed by atoms with Crippen LogP contribution in [0.3, 0.4) is 0 Å². The van der Waals surface area contributed by atoms with Crippen LogP contribution < -0.4 is 16.4 Å². The van der Waals surface area contributed by atoms with Gasteiger partial charge < -0.3 is 16.4 Å². The molecule has 4 N–H and O–H groups in total. The standard InChI is InChI=1S/C18H23N7/c1-12-2-7-16(21-11-12)23-15-10-17(24-25-9-8-20-18(15)25)22-14-5-3-13(19)4-6-14/h2,7-11,13-14H,3-6,19H2,1H3,(H,21,23)(H,22,24)/t13-,14-. The molecule has 0 aromatic carbocycles. The number of hydrogen-bond donors (Lipinski definition) is 3. The first-order chi connectivity index (χ1) is 12.2. The van der Waals surface area contributed by atoms with Gasteiger partial charge in [0.1, 0.15) is 11.6 Å². The summed E-state index contributed by atoms with van der Waals surface area (Å²) >= 11 is 0. The van der Waals surface area contributed by atoms with Crippen LogP contribution in [-0.4, -0.2) is 31.7 Å². The number of rotatable bonds is 4. The number of aromatic nitrogens is 4. The SMILES string of the molecule is Cc1ccc(Nc2cc(N[C@H]3CC[C@H](N)CC3)nn3ccnc23)nc1. The second kappa shape index (κ2) is 6.68. The highest BCUT2D eigenvalue weighted by Crippen LogP contribution is 2.25. The molecule has 130 valence electrons. The third-order valence-corrected chi connectivity index (χ3v) is 4.66. The van der Waals surface area contributed by atoms with E-state index in [-0.39, 0.29) is 0 Å². The quantitative estimate of drug-likeness (QED) is 0.678. The summed E-state index contributed by atoms with van der Waals surface area (Å²) in [5.74, 6) is 1.62. The number of fused-ring (bicyclic) bond motifs is 1. The van der Waals surface area contributed by atoms with Crippen LogP contribution in [0, 0.1) is 6.92 Å². The maximum Gasteiger partial charge on any atom is 0.177 e. The minimum atomic E-state index is 0.340. The fourth-order valence-electron chi connectivity index (χ4n) is 3.23. The van der Waals surface area contributed by atoms with Crippen LogP contribution in [0.2, 0.25) is 0 Å². The minimum absolute atomic E-state index is 0.340. The Morgan fingerprint density at radius 2 is 1.96 bits per heavy atom. The molecule has 0 bridgehead atoms. The first-order valence-corrected chi connectivity index (χ1v) is 8.73. The van der Waals surface area contributed by atoms with Crippen molar-refractivity contribution in [3.63, 3.8) is 0 Å². The van der Waals surface area contributed by atoms with Crippen LogP contribution in [0.1, 0.15) is 31.2 Å². The summed E-state index contributed by atoms with van der Waals surface area (Å²) in [6, 6.07) is 6.75. The maximum atomic E-state index is 6.00. The Morgan fingerprint density at radius 1 is 1.12 bits per heavy atom. The van der Waals surface area contributed by atoms with Crippen LogP contribution in [0.5, 0.6) is 0 Å². The normalized spacial score (nSPS) is 20.6. The number of nitrogens with zero attached hydrogens (tertiary/aromatic N) is 4. The highest BCUT2D eigenvalue weighted by atomic mass is 15.3. The maximum absolute atomic E-state index is 6.00. The molecule has 1 aliphatic rings. The molecule has 3 heterocycles. The van der Waals surface area contributed by atoms with Crippen molar-refractivity contribution in [2.75, 3.05) is 10.6 Å².